The first-order valence-corrected chi connectivity index (χ1v) is 58.6. The van der Waals surface area contributed by atoms with Crippen LogP contribution in [0.1, 0.15) is 180 Å². The van der Waals surface area contributed by atoms with Crippen LogP contribution >= 0.6 is 56.8 Å². The summed E-state index contributed by atoms with van der Waals surface area (Å²) < 4.78 is 56.1. The van der Waals surface area contributed by atoms with Gasteiger partial charge in [0.25, 0.3) is 15.7 Å². The van der Waals surface area contributed by atoms with E-state index in [0.717, 1.165) is 75.7 Å². The molecule has 2 heterocycles. The van der Waals surface area contributed by atoms with Gasteiger partial charge in [-0.2, -0.15) is 13.3 Å². The molecule has 0 atom stereocenters. The minimum absolute atomic E-state index is 0.0195. The molecule has 0 unspecified atom stereocenters. The fraction of sp³-hybridized carbons (Fsp3) is 0.375. The van der Waals surface area contributed by atoms with Crippen LogP contribution in [-0.4, -0.2) is 87.8 Å². The van der Waals surface area contributed by atoms with E-state index in [-0.39, 0.29) is 42.2 Å². The van der Waals surface area contributed by atoms with Crippen molar-refractivity contribution in [2.24, 2.45) is 0 Å². The Balaban J connectivity index is 0.000000185. The molecule has 9 aromatic carbocycles. The van der Waals surface area contributed by atoms with Crippen molar-refractivity contribution in [3.8, 4) is 0 Å². The number of benzene rings is 9. The summed E-state index contributed by atoms with van der Waals surface area (Å²) in [5, 5.41) is 21.3. The van der Waals surface area contributed by atoms with Gasteiger partial charge in [0.2, 0.25) is 0 Å². The van der Waals surface area contributed by atoms with Gasteiger partial charge in [0.05, 0.1) is 33.3 Å². The third-order valence-corrected chi connectivity index (χ3v) is 34.6. The average Bonchev–Trinajstić information content (AvgIpc) is 1.64. The van der Waals surface area contributed by atoms with Gasteiger partial charge in [0.15, 0.2) is 0 Å². The van der Waals surface area contributed by atoms with Gasteiger partial charge >= 0.3 is 251 Å². The Morgan fingerprint density at radius 2 is 0.675 bits per heavy atom. The summed E-state index contributed by atoms with van der Waals surface area (Å²) in [5.41, 5.74) is 27.7. The van der Waals surface area contributed by atoms with E-state index >= 15 is 0 Å². The molecule has 16 nitrogen and oxygen atoms in total. The molecule has 14 rings (SSSR count). The molecule has 0 radical (unpaired) electrons. The number of nitrogens with zero attached hydrogens (tertiary/aromatic N) is 8. The van der Waals surface area contributed by atoms with E-state index in [2.05, 4.69) is 196 Å². The van der Waals surface area contributed by atoms with Crippen LogP contribution in [0.15, 0.2) is 211 Å². The van der Waals surface area contributed by atoms with Crippen LogP contribution in [0.5, 0.6) is 0 Å². The van der Waals surface area contributed by atoms with Crippen molar-refractivity contribution in [1.82, 2.24) is 8.61 Å². The molecule has 0 spiro atoms. The average molecular weight is 2050 g/mol. The van der Waals surface area contributed by atoms with Crippen LogP contribution in [0.4, 0.5) is 34.1 Å². The van der Waals surface area contributed by atoms with Crippen LogP contribution in [0, 0.1) is 117 Å². The number of non-ortho nitro benzene ring substituents is 2. The second-order valence-corrected chi connectivity index (χ2v) is 50.9. The molecule has 0 bridgehead atoms. The Morgan fingerprint density at radius 1 is 0.415 bits per heavy atom. The predicted octanol–water partition coefficient (Wildman–Crippen LogP) is 26.0. The summed E-state index contributed by atoms with van der Waals surface area (Å²) in [5.74, 6) is 0. The monoisotopic (exact) mass is 2050 g/mol. The Bertz CT molecular complexity index is 4850. The van der Waals surface area contributed by atoms with Gasteiger partial charge in [0, 0.05) is 75.2 Å². The molecule has 27 heteroatoms. The van der Waals surface area contributed by atoms with Gasteiger partial charge in [-0.1, -0.05) is 127 Å². The summed E-state index contributed by atoms with van der Waals surface area (Å²) >= 11 is -0.359. The second-order valence-electron chi connectivity index (χ2n) is 32.3. The van der Waals surface area contributed by atoms with Gasteiger partial charge in [-0.05, 0) is 222 Å². The molecule has 123 heavy (non-hydrogen) atoms. The first-order valence-electron chi connectivity index (χ1n) is 41.7. The van der Waals surface area contributed by atoms with Gasteiger partial charge in [0.1, 0.15) is 0 Å². The molecule has 3 saturated carbocycles. The molecule has 672 valence electrons. The Kier molecular flexibility index (Phi) is 41.9. The SMILES string of the molecule is C1CCC([PH+](C2CCCCC2)C2CCCCC2)CC1.C=CN(Cc1ccccc1)S(=O)(=O)c1ccc([N+](=O)[O-])cc1.Cc1cc(C)c(N2[CH-]N(c3c(C)cc(C)cc3C)CC2)c(C)c1.Cc1cc(C)c(N2[CH-]N(c3c(C)cc(C)cc3C)CC2)c(C)c1.O=[N+]([O-])c1ccc(S(=O)(=O)N([CH]=[Ru]([Cl])[Cl])Cc2ccccc2)cc1.[Cl][Cu].[Cl][Ru]([Cl])=[CH]c1ccccc1. The molecule has 5 aliphatic rings. The van der Waals surface area contributed by atoms with E-state index in [9.17, 15) is 37.1 Å². The molecule has 3 aliphatic carbocycles. The first-order chi connectivity index (χ1) is 58.7. The van der Waals surface area contributed by atoms with Crippen LogP contribution in [0.3, 0.4) is 0 Å². The van der Waals surface area contributed by atoms with Crippen LogP contribution < -0.4 is 19.6 Å². The van der Waals surface area contributed by atoms with E-state index < -0.39 is 56.9 Å². The van der Waals surface area contributed by atoms with Crippen LogP contribution in [0.25, 0.3) is 0 Å². The van der Waals surface area contributed by atoms with Crippen LogP contribution in [-0.2, 0) is 75.3 Å². The third kappa shape index (κ3) is 30.5. The number of anilines is 4. The zero-order chi connectivity index (χ0) is 89.7. The van der Waals surface area contributed by atoms with Crippen molar-refractivity contribution in [1.29, 1.82) is 0 Å². The zero-order valence-electron chi connectivity index (χ0n) is 72.6. The number of halogens is 5. The fourth-order valence-corrected chi connectivity index (χ4v) is 30.5. The molecule has 0 aromatic heterocycles. The fourth-order valence-electron chi connectivity index (χ4n) is 17.9. The maximum absolute atomic E-state index is 12.8. The molecular weight excluding hydrogens is 1930 g/mol. The summed E-state index contributed by atoms with van der Waals surface area (Å²) in [6.45, 7) is 38.9. The number of nitro benzene ring substituents is 2. The summed E-state index contributed by atoms with van der Waals surface area (Å²) in [6.07, 6.45) is 25.0. The molecule has 5 fully saturated rings. The van der Waals surface area contributed by atoms with E-state index in [1.807, 2.05) is 71.3 Å². The van der Waals surface area contributed by atoms with Gasteiger partial charge in [-0.15, -0.1) is 0 Å². The van der Waals surface area contributed by atoms with Gasteiger partial charge in [-0.25, -0.2) is 8.42 Å². The van der Waals surface area contributed by atoms with Crippen molar-refractivity contribution in [3.05, 3.63) is 318 Å². The van der Waals surface area contributed by atoms with Crippen molar-refractivity contribution in [2.75, 3.05) is 45.8 Å². The topological polar surface area (TPSA) is 174 Å². The molecule has 9 aromatic rings. The Morgan fingerprint density at radius 3 is 0.927 bits per heavy atom. The van der Waals surface area contributed by atoms with E-state index in [4.69, 9.17) is 38.8 Å². The molecule has 2 aliphatic heterocycles. The Hall–Kier alpha value is -6.23. The summed E-state index contributed by atoms with van der Waals surface area (Å²) in [7, 11) is 19.5. The van der Waals surface area contributed by atoms with E-state index in [1.54, 1.807) is 121 Å². The van der Waals surface area contributed by atoms with Crippen molar-refractivity contribution in [3.63, 3.8) is 0 Å². The number of hydrogen-bond acceptors (Lipinski definition) is 12. The van der Waals surface area contributed by atoms with E-state index in [0.29, 0.717) is 0 Å². The summed E-state index contributed by atoms with van der Waals surface area (Å²) in [6, 6.07) is 55.6. The number of aryl methyl sites for hydroxylation is 12. The standard InChI is InChI=1S/2C21H27N2.C18H33P.C15H14N2O4S.C14H12N2O4S.C7H6.5ClH.Cu.2Ru/c2*1-14-9-16(3)20(17(4)10-14)22-7-8-23(13-22)21-18(5)11-15(2)12-19(21)6;1-4-10-16(11-5-1)19(17-12-6-2-7-13-17)18-14-8-3-9-15-18;1-2-16(12-13-6-4-3-5-7-13)22(20,21)15-10-8-14(9-11-15)17(18)19;1-15(11-12-5-3-2-4-6-12)21(19,20)14-9-7-13(8-10-14)16(17)18;1-7-5-3-2-4-6-7;;;;;;;;/h2*9-13H,7-8H2,1-6H3;16-18H,1-15H2;2-11H,1,12H2;1-10H,11H2;1-6H;5*1H;;;/q2*-1;;;;;;;;;;+1;2*+2/p-4. The van der Waals surface area contributed by atoms with Gasteiger partial charge in [-0.3, -0.25) is 14.4 Å². The van der Waals surface area contributed by atoms with Crippen LogP contribution in [0.2, 0.25) is 0 Å². The number of sulfonamides is 2. The predicted molar refractivity (Wildman–Crippen MR) is 511 cm³/mol. The maximum atomic E-state index is 12.8. The normalized spacial score (nSPS) is 15.2. The minimum atomic E-state index is -3.91. The second kappa shape index (κ2) is 50.5. The van der Waals surface area contributed by atoms with Crippen molar-refractivity contribution >= 4 is 120 Å². The zero-order valence-corrected chi connectivity index (χ0v) is 83.5. The first kappa shape index (κ1) is 102. The van der Waals surface area contributed by atoms with Crippen molar-refractivity contribution < 1.29 is 68.8 Å². The number of nitro groups is 2. The van der Waals surface area contributed by atoms with E-state index in [1.165, 1.54) is 142 Å². The molecule has 0 N–H and O–H groups in total. The number of rotatable bonds is 20. The molecular formula is C96H120Cl5CuN8O8PRu2S2-. The van der Waals surface area contributed by atoms with Crippen molar-refractivity contribution in [2.45, 2.75) is 219 Å². The number of hydrogen-bond donors (Lipinski definition) is 0. The quantitative estimate of drug-likeness (QED) is 0.0233. The molecule has 0 amide bonds. The molecule has 2 saturated heterocycles. The Labute approximate surface area is 773 Å². The third-order valence-electron chi connectivity index (χ3n) is 22.7. The summed E-state index contributed by atoms with van der Waals surface area (Å²) in [4.78, 5) is 29.7. The van der Waals surface area contributed by atoms with Gasteiger partial charge < -0.3 is 19.6 Å².